The first-order valence-corrected chi connectivity index (χ1v) is 6.10. The van der Waals surface area contributed by atoms with Crippen LogP contribution in [0.1, 0.15) is 0 Å². The lowest BCUT2D eigenvalue weighted by atomic mass is 10.3. The van der Waals surface area contributed by atoms with Crippen molar-refractivity contribution in [2.24, 2.45) is 5.50 Å². The summed E-state index contributed by atoms with van der Waals surface area (Å²) in [7, 11) is -1.43. The van der Waals surface area contributed by atoms with Gasteiger partial charge in [0.1, 0.15) is 11.5 Å². The molecule has 0 saturated heterocycles. The second kappa shape index (κ2) is 5.50. The van der Waals surface area contributed by atoms with Gasteiger partial charge in [0.2, 0.25) is 0 Å². The molecule has 0 aliphatic carbocycles. The first-order valence-electron chi connectivity index (χ1n) is 4.85. The summed E-state index contributed by atoms with van der Waals surface area (Å²) >= 11 is 0. The minimum Gasteiger partial charge on any atom is -0.427 e. The maximum absolute atomic E-state index is 5.76. The fourth-order valence-corrected chi connectivity index (χ4v) is 1.89. The average molecular weight is 233 g/mol. The van der Waals surface area contributed by atoms with E-state index >= 15 is 0 Å². The van der Waals surface area contributed by atoms with Crippen molar-refractivity contribution >= 4 is 8.53 Å². The zero-order chi connectivity index (χ0) is 11.2. The lowest BCUT2D eigenvalue weighted by molar-refractivity contribution is 0.491. The summed E-state index contributed by atoms with van der Waals surface area (Å²) in [6.07, 6.45) is 0. The molecule has 3 nitrogen and oxygen atoms in total. The fourth-order valence-electron chi connectivity index (χ4n) is 1.19. The van der Waals surface area contributed by atoms with Crippen molar-refractivity contribution in [3.8, 4) is 11.5 Å². The molecule has 0 fully saturated rings. The molecule has 2 N–H and O–H groups in total. The molecule has 2 aromatic carbocycles. The van der Waals surface area contributed by atoms with Gasteiger partial charge in [0, 0.05) is 0 Å². The van der Waals surface area contributed by atoms with Crippen LogP contribution in [-0.4, -0.2) is 0 Å². The van der Waals surface area contributed by atoms with E-state index in [0.29, 0.717) is 11.5 Å². The lowest BCUT2D eigenvalue weighted by Gasteiger charge is -2.13. The minimum absolute atomic E-state index is 0.715. The SMILES string of the molecule is NP(Oc1ccccc1)Oc1ccccc1. The summed E-state index contributed by atoms with van der Waals surface area (Å²) in [5.41, 5.74) is 5.76. The van der Waals surface area contributed by atoms with E-state index in [0.717, 1.165) is 0 Å². The van der Waals surface area contributed by atoms with Crippen LogP contribution in [0.5, 0.6) is 11.5 Å². The van der Waals surface area contributed by atoms with E-state index in [1.807, 2.05) is 60.7 Å². The van der Waals surface area contributed by atoms with Crippen LogP contribution in [0, 0.1) is 0 Å². The molecule has 0 aliphatic heterocycles. The van der Waals surface area contributed by atoms with Gasteiger partial charge >= 0.3 is 8.53 Å². The average Bonchev–Trinajstić information content (AvgIpc) is 2.31. The zero-order valence-corrected chi connectivity index (χ0v) is 9.51. The molecule has 0 aliphatic rings. The molecule has 4 heteroatoms. The third-order valence-corrected chi connectivity index (χ3v) is 2.66. The van der Waals surface area contributed by atoms with Crippen LogP contribution < -0.4 is 14.6 Å². The van der Waals surface area contributed by atoms with Crippen LogP contribution >= 0.6 is 8.53 Å². The van der Waals surface area contributed by atoms with Crippen molar-refractivity contribution in [2.75, 3.05) is 0 Å². The molecule has 0 atom stereocenters. The minimum atomic E-state index is -1.43. The second-order valence-electron chi connectivity index (χ2n) is 3.09. The van der Waals surface area contributed by atoms with E-state index in [2.05, 4.69) is 0 Å². The summed E-state index contributed by atoms with van der Waals surface area (Å²) in [6, 6.07) is 18.8. The van der Waals surface area contributed by atoms with Crippen molar-refractivity contribution < 1.29 is 9.05 Å². The van der Waals surface area contributed by atoms with Gasteiger partial charge in [-0.05, 0) is 24.3 Å². The number of para-hydroxylation sites is 2. The zero-order valence-electron chi connectivity index (χ0n) is 8.61. The molecule has 0 bridgehead atoms. The number of hydrogen-bond donors (Lipinski definition) is 1. The Morgan fingerprint density at radius 1 is 0.688 bits per heavy atom. The van der Waals surface area contributed by atoms with Crippen LogP contribution in [0.2, 0.25) is 0 Å². The van der Waals surface area contributed by atoms with Crippen molar-refractivity contribution in [3.63, 3.8) is 0 Å². The molecule has 2 aromatic rings. The van der Waals surface area contributed by atoms with Crippen LogP contribution in [-0.2, 0) is 0 Å². The monoisotopic (exact) mass is 233 g/mol. The van der Waals surface area contributed by atoms with Gasteiger partial charge in [0.05, 0.1) is 0 Å². The van der Waals surface area contributed by atoms with Crippen LogP contribution in [0.25, 0.3) is 0 Å². The highest BCUT2D eigenvalue weighted by atomic mass is 31.2. The smallest absolute Gasteiger partial charge is 0.378 e. The maximum Gasteiger partial charge on any atom is 0.378 e. The quantitative estimate of drug-likeness (QED) is 0.824. The topological polar surface area (TPSA) is 44.5 Å². The van der Waals surface area contributed by atoms with E-state index in [9.17, 15) is 0 Å². The number of benzene rings is 2. The molecule has 0 amide bonds. The Bertz CT molecular complexity index is 380. The first-order chi connectivity index (χ1) is 7.84. The highest BCUT2D eigenvalue weighted by molar-refractivity contribution is 7.45. The molecular weight excluding hydrogens is 221 g/mol. The molecule has 0 saturated carbocycles. The fraction of sp³-hybridized carbons (Fsp3) is 0. The van der Waals surface area contributed by atoms with Crippen molar-refractivity contribution in [3.05, 3.63) is 60.7 Å². The normalized spacial score (nSPS) is 10.1. The third kappa shape index (κ3) is 3.23. The van der Waals surface area contributed by atoms with E-state index in [1.165, 1.54) is 0 Å². The highest BCUT2D eigenvalue weighted by Crippen LogP contribution is 2.32. The maximum atomic E-state index is 5.76. The van der Waals surface area contributed by atoms with Crippen molar-refractivity contribution in [2.45, 2.75) is 0 Å². The van der Waals surface area contributed by atoms with Gasteiger partial charge in [-0.25, -0.2) is 5.50 Å². The van der Waals surface area contributed by atoms with Gasteiger partial charge in [-0.15, -0.1) is 0 Å². The first kappa shape index (κ1) is 10.9. The molecule has 0 radical (unpaired) electrons. The van der Waals surface area contributed by atoms with Crippen LogP contribution in [0.3, 0.4) is 0 Å². The van der Waals surface area contributed by atoms with Gasteiger partial charge in [0.15, 0.2) is 0 Å². The largest absolute Gasteiger partial charge is 0.427 e. The summed E-state index contributed by atoms with van der Waals surface area (Å²) in [6.45, 7) is 0. The Kier molecular flexibility index (Phi) is 3.76. The predicted molar refractivity (Wildman–Crippen MR) is 65.2 cm³/mol. The summed E-state index contributed by atoms with van der Waals surface area (Å²) < 4.78 is 10.9. The molecule has 82 valence electrons. The Morgan fingerprint density at radius 3 is 1.44 bits per heavy atom. The molecule has 16 heavy (non-hydrogen) atoms. The van der Waals surface area contributed by atoms with Crippen LogP contribution in [0.4, 0.5) is 0 Å². The van der Waals surface area contributed by atoms with Crippen molar-refractivity contribution in [1.82, 2.24) is 0 Å². The molecular formula is C12H12NO2P. The molecule has 0 unspecified atom stereocenters. The highest BCUT2D eigenvalue weighted by Gasteiger charge is 2.07. The standard InChI is InChI=1S/C12H12NO2P/c13-16(14-11-7-3-1-4-8-11)15-12-9-5-2-6-10-12/h1-10H,13H2. The molecule has 0 aromatic heterocycles. The van der Waals surface area contributed by atoms with Gasteiger partial charge in [-0.3, -0.25) is 0 Å². The van der Waals surface area contributed by atoms with Gasteiger partial charge in [0.25, 0.3) is 0 Å². The van der Waals surface area contributed by atoms with Crippen molar-refractivity contribution in [1.29, 1.82) is 0 Å². The van der Waals surface area contributed by atoms with E-state index < -0.39 is 8.53 Å². The Hall–Kier alpha value is -1.57. The number of rotatable bonds is 4. The third-order valence-electron chi connectivity index (χ3n) is 1.88. The Labute approximate surface area is 95.8 Å². The lowest BCUT2D eigenvalue weighted by Crippen LogP contribution is -2.03. The van der Waals surface area contributed by atoms with Gasteiger partial charge < -0.3 is 9.05 Å². The Balaban J connectivity index is 1.92. The van der Waals surface area contributed by atoms with E-state index in [1.54, 1.807) is 0 Å². The summed E-state index contributed by atoms with van der Waals surface area (Å²) in [5, 5.41) is 0. The van der Waals surface area contributed by atoms with E-state index in [4.69, 9.17) is 14.6 Å². The van der Waals surface area contributed by atoms with E-state index in [-0.39, 0.29) is 0 Å². The molecule has 2 rings (SSSR count). The van der Waals surface area contributed by atoms with Crippen LogP contribution in [0.15, 0.2) is 60.7 Å². The second-order valence-corrected chi connectivity index (χ2v) is 4.03. The number of hydrogen-bond acceptors (Lipinski definition) is 3. The van der Waals surface area contributed by atoms with Gasteiger partial charge in [-0.1, -0.05) is 36.4 Å². The predicted octanol–water partition coefficient (Wildman–Crippen LogP) is 3.33. The summed E-state index contributed by atoms with van der Waals surface area (Å²) in [5.74, 6) is 1.43. The van der Waals surface area contributed by atoms with Gasteiger partial charge in [-0.2, -0.15) is 0 Å². The molecule has 0 spiro atoms. The summed E-state index contributed by atoms with van der Waals surface area (Å²) in [4.78, 5) is 0. The number of nitrogens with two attached hydrogens (primary N) is 1. The molecule has 0 heterocycles. The Morgan fingerprint density at radius 2 is 1.06 bits per heavy atom.